The molecule has 5 heteroatoms. The van der Waals surface area contributed by atoms with Gasteiger partial charge in [0, 0.05) is 39.4 Å². The van der Waals surface area contributed by atoms with Crippen LogP contribution in [-0.4, -0.2) is 53.0 Å². The molecule has 0 N–H and O–H groups in total. The zero-order valence-electron chi connectivity index (χ0n) is 10.9. The predicted octanol–water partition coefficient (Wildman–Crippen LogP) is 0.163. The first-order valence-corrected chi connectivity index (χ1v) is 6.30. The van der Waals surface area contributed by atoms with E-state index in [0.717, 1.165) is 19.6 Å². The smallest absolute Gasteiger partial charge is 0.263 e. The number of aryl methyl sites for hydroxylation is 1. The molecule has 0 aliphatic carbocycles. The zero-order valence-corrected chi connectivity index (χ0v) is 10.9. The topological polar surface area (TPSA) is 45.5 Å². The van der Waals surface area contributed by atoms with Crippen molar-refractivity contribution in [1.82, 2.24) is 14.4 Å². The van der Waals surface area contributed by atoms with Crippen LogP contribution in [0.3, 0.4) is 0 Å². The van der Waals surface area contributed by atoms with Crippen molar-refractivity contribution in [2.24, 2.45) is 7.05 Å². The Labute approximate surface area is 107 Å². The number of piperazine rings is 1. The van der Waals surface area contributed by atoms with Gasteiger partial charge in [-0.15, -0.1) is 0 Å². The Balaban J connectivity index is 2.13. The molecule has 0 unspecified atom stereocenters. The maximum Gasteiger partial charge on any atom is 0.263 e. The highest BCUT2D eigenvalue weighted by Gasteiger charge is 2.23. The molecule has 1 aliphatic heterocycles. The number of hydrogen-bond donors (Lipinski definition) is 0. The van der Waals surface area contributed by atoms with E-state index in [-0.39, 0.29) is 17.0 Å². The molecule has 0 spiro atoms. The van der Waals surface area contributed by atoms with Crippen LogP contribution >= 0.6 is 0 Å². The Kier molecular flexibility index (Phi) is 3.81. The fourth-order valence-corrected chi connectivity index (χ4v) is 2.20. The Bertz CT molecular complexity index is 487. The van der Waals surface area contributed by atoms with Crippen LogP contribution in [0.4, 0.5) is 0 Å². The second-order valence-electron chi connectivity index (χ2n) is 4.56. The molecule has 1 aromatic rings. The van der Waals surface area contributed by atoms with Crippen LogP contribution in [0.25, 0.3) is 0 Å². The standard InChI is InChI=1S/C13H19N3O2/c1-3-15-7-9-16(10-8-15)13(18)11-5-4-6-14(2)12(11)17/h4-6H,3,7-10H2,1-2H3. The molecule has 1 aromatic heterocycles. The lowest BCUT2D eigenvalue weighted by atomic mass is 10.2. The quantitative estimate of drug-likeness (QED) is 0.750. The molecule has 0 bridgehead atoms. The van der Waals surface area contributed by atoms with Crippen LogP contribution in [0.2, 0.25) is 0 Å². The number of rotatable bonds is 2. The van der Waals surface area contributed by atoms with Crippen molar-refractivity contribution in [3.05, 3.63) is 34.2 Å². The highest BCUT2D eigenvalue weighted by Crippen LogP contribution is 2.05. The van der Waals surface area contributed by atoms with Crippen molar-refractivity contribution < 1.29 is 4.79 Å². The average Bonchev–Trinajstić information content (AvgIpc) is 2.41. The van der Waals surface area contributed by atoms with E-state index < -0.39 is 0 Å². The van der Waals surface area contributed by atoms with Gasteiger partial charge in [-0.05, 0) is 18.7 Å². The third kappa shape index (κ3) is 2.46. The maximum absolute atomic E-state index is 12.3. The summed E-state index contributed by atoms with van der Waals surface area (Å²) in [4.78, 5) is 28.2. The number of aromatic nitrogens is 1. The molecular weight excluding hydrogens is 230 g/mol. The van der Waals surface area contributed by atoms with E-state index in [4.69, 9.17) is 0 Å². The fourth-order valence-electron chi connectivity index (χ4n) is 2.20. The summed E-state index contributed by atoms with van der Waals surface area (Å²) in [5.41, 5.74) is 0.0466. The summed E-state index contributed by atoms with van der Waals surface area (Å²) in [7, 11) is 1.66. The van der Waals surface area contributed by atoms with Gasteiger partial charge in [0.1, 0.15) is 5.56 Å². The van der Waals surface area contributed by atoms with Crippen LogP contribution in [0, 0.1) is 0 Å². The second-order valence-corrected chi connectivity index (χ2v) is 4.56. The predicted molar refractivity (Wildman–Crippen MR) is 69.7 cm³/mol. The molecule has 1 amide bonds. The first-order valence-electron chi connectivity index (χ1n) is 6.30. The number of carbonyl (C=O) groups is 1. The van der Waals surface area contributed by atoms with E-state index in [1.807, 2.05) is 0 Å². The molecule has 1 fully saturated rings. The second kappa shape index (κ2) is 5.35. The molecule has 2 rings (SSSR count). The van der Waals surface area contributed by atoms with Gasteiger partial charge in [0.15, 0.2) is 0 Å². The number of nitrogens with zero attached hydrogens (tertiary/aromatic N) is 3. The Morgan fingerprint density at radius 3 is 2.56 bits per heavy atom. The van der Waals surface area contributed by atoms with Gasteiger partial charge in [-0.1, -0.05) is 6.92 Å². The molecular formula is C13H19N3O2. The largest absolute Gasteiger partial charge is 0.336 e. The Morgan fingerprint density at radius 1 is 1.28 bits per heavy atom. The number of amides is 1. The van der Waals surface area contributed by atoms with E-state index in [2.05, 4.69) is 11.8 Å². The van der Waals surface area contributed by atoms with E-state index in [1.54, 1.807) is 30.3 Å². The van der Waals surface area contributed by atoms with Gasteiger partial charge in [-0.3, -0.25) is 9.59 Å². The third-order valence-corrected chi connectivity index (χ3v) is 3.46. The van der Waals surface area contributed by atoms with Crippen LogP contribution in [0.1, 0.15) is 17.3 Å². The third-order valence-electron chi connectivity index (χ3n) is 3.46. The molecule has 2 heterocycles. The average molecular weight is 249 g/mol. The summed E-state index contributed by atoms with van der Waals surface area (Å²) in [5, 5.41) is 0. The minimum Gasteiger partial charge on any atom is -0.336 e. The highest BCUT2D eigenvalue weighted by atomic mass is 16.2. The normalized spacial score (nSPS) is 16.9. The fraction of sp³-hybridized carbons (Fsp3) is 0.538. The minimum atomic E-state index is -0.222. The number of likely N-dealkylation sites (N-methyl/N-ethyl adjacent to an activating group) is 1. The monoisotopic (exact) mass is 249 g/mol. The van der Waals surface area contributed by atoms with E-state index in [9.17, 15) is 9.59 Å². The number of hydrogen-bond acceptors (Lipinski definition) is 3. The maximum atomic E-state index is 12.3. The first kappa shape index (κ1) is 12.8. The Morgan fingerprint density at radius 2 is 1.94 bits per heavy atom. The summed E-state index contributed by atoms with van der Waals surface area (Å²) >= 11 is 0. The lowest BCUT2D eigenvalue weighted by Crippen LogP contribution is -2.49. The van der Waals surface area contributed by atoms with Crippen molar-refractivity contribution in [3.8, 4) is 0 Å². The minimum absolute atomic E-state index is 0.146. The van der Waals surface area contributed by atoms with Crippen molar-refractivity contribution in [2.45, 2.75) is 6.92 Å². The summed E-state index contributed by atoms with van der Waals surface area (Å²) in [6, 6.07) is 3.34. The summed E-state index contributed by atoms with van der Waals surface area (Å²) in [6.45, 7) is 6.29. The van der Waals surface area contributed by atoms with Crippen molar-refractivity contribution >= 4 is 5.91 Å². The highest BCUT2D eigenvalue weighted by molar-refractivity contribution is 5.93. The Hall–Kier alpha value is -1.62. The van der Waals surface area contributed by atoms with Crippen LogP contribution in [0.5, 0.6) is 0 Å². The molecule has 18 heavy (non-hydrogen) atoms. The molecule has 98 valence electrons. The molecule has 0 aromatic carbocycles. The van der Waals surface area contributed by atoms with Gasteiger partial charge in [0.05, 0.1) is 0 Å². The number of pyridine rings is 1. The van der Waals surface area contributed by atoms with E-state index >= 15 is 0 Å². The summed E-state index contributed by atoms with van der Waals surface area (Å²) < 4.78 is 1.44. The van der Waals surface area contributed by atoms with Crippen LogP contribution < -0.4 is 5.56 Å². The van der Waals surface area contributed by atoms with Crippen molar-refractivity contribution in [1.29, 1.82) is 0 Å². The van der Waals surface area contributed by atoms with Gasteiger partial charge >= 0.3 is 0 Å². The molecule has 1 aliphatic rings. The van der Waals surface area contributed by atoms with Crippen molar-refractivity contribution in [2.75, 3.05) is 32.7 Å². The van der Waals surface area contributed by atoms with Crippen LogP contribution in [0.15, 0.2) is 23.1 Å². The van der Waals surface area contributed by atoms with Crippen molar-refractivity contribution in [3.63, 3.8) is 0 Å². The lowest BCUT2D eigenvalue weighted by molar-refractivity contribution is 0.0641. The van der Waals surface area contributed by atoms with Gasteiger partial charge in [0.25, 0.3) is 11.5 Å². The van der Waals surface area contributed by atoms with E-state index in [1.165, 1.54) is 4.57 Å². The summed E-state index contributed by atoms with van der Waals surface area (Å²) in [6.07, 6.45) is 1.66. The lowest BCUT2D eigenvalue weighted by Gasteiger charge is -2.33. The molecule has 0 radical (unpaired) electrons. The van der Waals surface area contributed by atoms with Gasteiger partial charge in [0.2, 0.25) is 0 Å². The SMILES string of the molecule is CCN1CCN(C(=O)c2cccn(C)c2=O)CC1. The van der Waals surface area contributed by atoms with Crippen LogP contribution in [-0.2, 0) is 7.05 Å². The zero-order chi connectivity index (χ0) is 13.1. The summed E-state index contributed by atoms with van der Waals surface area (Å²) in [5.74, 6) is -0.146. The van der Waals surface area contributed by atoms with Gasteiger partial charge in [-0.25, -0.2) is 0 Å². The molecule has 1 saturated heterocycles. The van der Waals surface area contributed by atoms with Gasteiger partial charge < -0.3 is 14.4 Å². The first-order chi connectivity index (χ1) is 8.63. The molecule has 0 saturated carbocycles. The van der Waals surface area contributed by atoms with E-state index in [0.29, 0.717) is 13.1 Å². The molecule has 0 atom stereocenters. The molecule has 5 nitrogen and oxygen atoms in total. The van der Waals surface area contributed by atoms with Gasteiger partial charge in [-0.2, -0.15) is 0 Å². The number of carbonyl (C=O) groups excluding carboxylic acids is 1.